The molecule has 1 N–H and O–H groups in total. The van der Waals surface area contributed by atoms with Crippen LogP contribution in [0.5, 0.6) is 5.75 Å². The first-order valence-corrected chi connectivity index (χ1v) is 8.54. The summed E-state index contributed by atoms with van der Waals surface area (Å²) in [6, 6.07) is 9.61. The average molecular weight is 337 g/mol. The Labute approximate surface area is 148 Å². The van der Waals surface area contributed by atoms with E-state index >= 15 is 0 Å². The van der Waals surface area contributed by atoms with Gasteiger partial charge in [0.25, 0.3) is 5.91 Å². The van der Waals surface area contributed by atoms with E-state index in [1.54, 1.807) is 6.07 Å². The highest BCUT2D eigenvalue weighted by Gasteiger charge is 2.31. The Morgan fingerprint density at radius 3 is 2.48 bits per heavy atom. The number of ketones is 1. The Morgan fingerprint density at radius 1 is 1.12 bits per heavy atom. The number of amides is 1. The quantitative estimate of drug-likeness (QED) is 0.904. The fourth-order valence-corrected chi connectivity index (χ4v) is 3.56. The molecule has 4 nitrogen and oxygen atoms in total. The number of anilines is 1. The second-order valence-electron chi connectivity index (χ2n) is 6.80. The van der Waals surface area contributed by atoms with Gasteiger partial charge in [-0.3, -0.25) is 9.59 Å². The maximum absolute atomic E-state index is 12.3. The number of Topliss-reactive ketones (excluding diaryl/α,β-unsaturated/α-hetero) is 1. The van der Waals surface area contributed by atoms with Crippen molar-refractivity contribution in [1.82, 2.24) is 0 Å². The van der Waals surface area contributed by atoms with Crippen molar-refractivity contribution in [1.29, 1.82) is 0 Å². The molecule has 1 aliphatic carbocycles. The molecule has 0 saturated heterocycles. The normalized spacial score (nSPS) is 15.8. The van der Waals surface area contributed by atoms with Crippen LogP contribution in [0.3, 0.4) is 0 Å². The minimum absolute atomic E-state index is 0.0938. The molecule has 0 spiro atoms. The SMILES string of the molecule is Cc1cccc(C)c1NC(=O)COc1ccc(C)c2c1C(=O)CC2C. The number of para-hydroxylation sites is 1. The number of carbonyl (C=O) groups is 2. The van der Waals surface area contributed by atoms with Gasteiger partial charge in [0.05, 0.1) is 5.56 Å². The van der Waals surface area contributed by atoms with Gasteiger partial charge in [-0.2, -0.15) is 0 Å². The Balaban J connectivity index is 1.75. The molecule has 0 bridgehead atoms. The zero-order valence-electron chi connectivity index (χ0n) is 15.1. The van der Waals surface area contributed by atoms with Crippen LogP contribution in [0.2, 0.25) is 0 Å². The molecule has 0 fully saturated rings. The summed E-state index contributed by atoms with van der Waals surface area (Å²) in [7, 11) is 0. The zero-order valence-corrected chi connectivity index (χ0v) is 15.1. The zero-order chi connectivity index (χ0) is 18.1. The summed E-state index contributed by atoms with van der Waals surface area (Å²) < 4.78 is 5.70. The van der Waals surface area contributed by atoms with Crippen molar-refractivity contribution >= 4 is 17.4 Å². The maximum atomic E-state index is 12.3. The molecule has 0 aliphatic heterocycles. The van der Waals surface area contributed by atoms with Crippen LogP contribution >= 0.6 is 0 Å². The van der Waals surface area contributed by atoms with E-state index in [4.69, 9.17) is 4.74 Å². The van der Waals surface area contributed by atoms with Crippen LogP contribution < -0.4 is 10.1 Å². The van der Waals surface area contributed by atoms with Gasteiger partial charge in [0, 0.05) is 12.1 Å². The second kappa shape index (κ2) is 6.71. The number of hydrogen-bond donors (Lipinski definition) is 1. The van der Waals surface area contributed by atoms with Gasteiger partial charge in [0.1, 0.15) is 5.75 Å². The van der Waals surface area contributed by atoms with Crippen LogP contribution in [-0.4, -0.2) is 18.3 Å². The number of nitrogens with one attached hydrogen (secondary N) is 1. The van der Waals surface area contributed by atoms with Gasteiger partial charge in [-0.15, -0.1) is 0 Å². The Bertz CT molecular complexity index is 834. The van der Waals surface area contributed by atoms with E-state index in [9.17, 15) is 9.59 Å². The number of ether oxygens (including phenoxy) is 1. The summed E-state index contributed by atoms with van der Waals surface area (Å²) in [5, 5.41) is 2.90. The highest BCUT2D eigenvalue weighted by molar-refractivity contribution is 6.04. The molecule has 2 aromatic rings. The molecular weight excluding hydrogens is 314 g/mol. The van der Waals surface area contributed by atoms with Gasteiger partial charge in [-0.1, -0.05) is 31.2 Å². The molecule has 1 aliphatic rings. The summed E-state index contributed by atoms with van der Waals surface area (Å²) in [5.41, 5.74) is 5.63. The lowest BCUT2D eigenvalue weighted by Crippen LogP contribution is -2.21. The molecule has 4 heteroatoms. The summed E-state index contributed by atoms with van der Waals surface area (Å²) in [5.74, 6) is 0.572. The minimum Gasteiger partial charge on any atom is -0.483 e. The summed E-state index contributed by atoms with van der Waals surface area (Å²) in [4.78, 5) is 24.6. The lowest BCUT2D eigenvalue weighted by Gasteiger charge is -2.14. The molecule has 0 heterocycles. The number of rotatable bonds is 4. The summed E-state index contributed by atoms with van der Waals surface area (Å²) >= 11 is 0. The van der Waals surface area contributed by atoms with Crippen molar-refractivity contribution in [2.75, 3.05) is 11.9 Å². The van der Waals surface area contributed by atoms with E-state index < -0.39 is 0 Å². The van der Waals surface area contributed by atoms with Crippen LogP contribution in [0, 0.1) is 20.8 Å². The highest BCUT2D eigenvalue weighted by Crippen LogP contribution is 2.40. The summed E-state index contributed by atoms with van der Waals surface area (Å²) in [6.07, 6.45) is 0.505. The van der Waals surface area contributed by atoms with E-state index in [1.165, 1.54) is 0 Å². The predicted octanol–water partition coefficient (Wildman–Crippen LogP) is 4.32. The molecule has 0 radical (unpaired) electrons. The standard InChI is InChI=1S/C21H23NO3/c1-12-8-9-17(20-16(23)10-15(4)19(12)20)25-11-18(24)22-21-13(2)6-5-7-14(21)3/h5-9,15H,10-11H2,1-4H3,(H,22,24). The predicted molar refractivity (Wildman–Crippen MR) is 98.6 cm³/mol. The molecule has 0 saturated carbocycles. The molecule has 130 valence electrons. The Morgan fingerprint density at radius 2 is 1.80 bits per heavy atom. The van der Waals surface area contributed by atoms with Crippen molar-refractivity contribution < 1.29 is 14.3 Å². The lowest BCUT2D eigenvalue weighted by atomic mass is 9.97. The highest BCUT2D eigenvalue weighted by atomic mass is 16.5. The van der Waals surface area contributed by atoms with Crippen LogP contribution in [0.15, 0.2) is 30.3 Å². The van der Waals surface area contributed by atoms with Crippen molar-refractivity contribution in [3.05, 3.63) is 58.1 Å². The van der Waals surface area contributed by atoms with E-state index in [2.05, 4.69) is 5.32 Å². The molecule has 0 aromatic heterocycles. The van der Waals surface area contributed by atoms with Crippen LogP contribution in [-0.2, 0) is 4.79 Å². The monoisotopic (exact) mass is 337 g/mol. The first-order valence-electron chi connectivity index (χ1n) is 8.54. The molecule has 1 unspecified atom stereocenters. The van der Waals surface area contributed by atoms with Gasteiger partial charge in [0.15, 0.2) is 12.4 Å². The largest absolute Gasteiger partial charge is 0.483 e. The van der Waals surface area contributed by atoms with Gasteiger partial charge < -0.3 is 10.1 Å². The van der Waals surface area contributed by atoms with Crippen molar-refractivity contribution in [3.63, 3.8) is 0 Å². The molecule has 3 rings (SSSR count). The van der Waals surface area contributed by atoms with Crippen LogP contribution in [0.1, 0.15) is 51.9 Å². The fraction of sp³-hybridized carbons (Fsp3) is 0.333. The van der Waals surface area contributed by atoms with Gasteiger partial charge >= 0.3 is 0 Å². The molecule has 25 heavy (non-hydrogen) atoms. The molecular formula is C21H23NO3. The third kappa shape index (κ3) is 3.29. The van der Waals surface area contributed by atoms with Gasteiger partial charge in [-0.05, 0) is 55.0 Å². The van der Waals surface area contributed by atoms with Gasteiger partial charge in [0.2, 0.25) is 0 Å². The van der Waals surface area contributed by atoms with E-state index in [0.29, 0.717) is 17.7 Å². The van der Waals surface area contributed by atoms with Crippen molar-refractivity contribution in [3.8, 4) is 5.75 Å². The number of benzene rings is 2. The smallest absolute Gasteiger partial charge is 0.262 e. The number of carbonyl (C=O) groups excluding carboxylic acids is 2. The van der Waals surface area contributed by atoms with Crippen LogP contribution in [0.4, 0.5) is 5.69 Å². The first kappa shape index (κ1) is 17.2. The number of hydrogen-bond acceptors (Lipinski definition) is 3. The molecule has 1 atom stereocenters. The molecule has 1 amide bonds. The fourth-order valence-electron chi connectivity index (χ4n) is 3.56. The third-order valence-electron chi connectivity index (χ3n) is 4.79. The van der Waals surface area contributed by atoms with Crippen LogP contribution in [0.25, 0.3) is 0 Å². The van der Waals surface area contributed by atoms with Gasteiger partial charge in [-0.25, -0.2) is 0 Å². The Hall–Kier alpha value is -2.62. The third-order valence-corrected chi connectivity index (χ3v) is 4.79. The number of aryl methyl sites for hydroxylation is 3. The Kier molecular flexibility index (Phi) is 4.62. The minimum atomic E-state index is -0.231. The molecule has 2 aromatic carbocycles. The average Bonchev–Trinajstić information content (AvgIpc) is 2.86. The van der Waals surface area contributed by atoms with Crippen molar-refractivity contribution in [2.45, 2.75) is 40.0 Å². The van der Waals surface area contributed by atoms with Crippen molar-refractivity contribution in [2.24, 2.45) is 0 Å². The maximum Gasteiger partial charge on any atom is 0.262 e. The topological polar surface area (TPSA) is 55.4 Å². The van der Waals surface area contributed by atoms with E-state index in [0.717, 1.165) is 27.9 Å². The van der Waals surface area contributed by atoms with E-state index in [-0.39, 0.29) is 24.2 Å². The second-order valence-corrected chi connectivity index (χ2v) is 6.80. The first-order chi connectivity index (χ1) is 11.9. The lowest BCUT2D eigenvalue weighted by molar-refractivity contribution is -0.118. The summed E-state index contributed by atoms with van der Waals surface area (Å²) in [6.45, 7) is 7.84. The van der Waals surface area contributed by atoms with E-state index in [1.807, 2.05) is 52.0 Å². The number of fused-ring (bicyclic) bond motifs is 1.